The van der Waals surface area contributed by atoms with Crippen LogP contribution in [-0.2, 0) is 11.4 Å². The average molecular weight is 463 g/mol. The van der Waals surface area contributed by atoms with Gasteiger partial charge in [-0.1, -0.05) is 36.4 Å². The number of halogens is 1. The highest BCUT2D eigenvalue weighted by atomic mass is 19.1. The Labute approximate surface area is 198 Å². The molecule has 6 nitrogen and oxygen atoms in total. The molecule has 1 fully saturated rings. The van der Waals surface area contributed by atoms with Crippen LogP contribution in [0.4, 0.5) is 4.39 Å². The monoisotopic (exact) mass is 462 g/mol. The molecular weight excluding hydrogens is 435 g/mol. The van der Waals surface area contributed by atoms with Crippen molar-refractivity contribution in [2.45, 2.75) is 19.6 Å². The highest BCUT2D eigenvalue weighted by Crippen LogP contribution is 2.33. The molecule has 1 aliphatic heterocycles. The summed E-state index contributed by atoms with van der Waals surface area (Å²) in [5.74, 6) is 0.769. The van der Waals surface area contributed by atoms with Crippen LogP contribution in [0.5, 0.6) is 11.5 Å². The first-order chi connectivity index (χ1) is 16.5. The van der Waals surface area contributed by atoms with Crippen LogP contribution in [0.25, 0.3) is 0 Å². The number of hydrogen-bond acceptors (Lipinski definition) is 4. The summed E-state index contributed by atoms with van der Waals surface area (Å²) >= 11 is 0. The van der Waals surface area contributed by atoms with Crippen molar-refractivity contribution >= 4 is 11.8 Å². The number of carbonyl (C=O) groups is 2. The Morgan fingerprint density at radius 2 is 1.76 bits per heavy atom. The Morgan fingerprint density at radius 1 is 1.00 bits per heavy atom. The first-order valence-corrected chi connectivity index (χ1v) is 11.1. The van der Waals surface area contributed by atoms with E-state index in [0.717, 1.165) is 11.1 Å². The van der Waals surface area contributed by atoms with Crippen LogP contribution in [0.2, 0.25) is 0 Å². The van der Waals surface area contributed by atoms with Gasteiger partial charge in [-0.25, -0.2) is 4.39 Å². The van der Waals surface area contributed by atoms with Crippen LogP contribution >= 0.6 is 0 Å². The molecule has 0 saturated carbocycles. The van der Waals surface area contributed by atoms with E-state index in [-0.39, 0.29) is 30.3 Å². The molecule has 176 valence electrons. The van der Waals surface area contributed by atoms with E-state index in [1.54, 1.807) is 60.2 Å². The fourth-order valence-corrected chi connectivity index (χ4v) is 4.20. The fourth-order valence-electron chi connectivity index (χ4n) is 4.20. The molecule has 1 heterocycles. The number of rotatable bonds is 6. The van der Waals surface area contributed by atoms with Gasteiger partial charge in [0.2, 0.25) is 5.91 Å². The molecule has 7 heteroatoms. The molecule has 0 N–H and O–H groups in total. The Hall–Kier alpha value is -3.87. The third-order valence-electron chi connectivity index (χ3n) is 5.97. The number of methoxy groups -OCH3 is 1. The molecule has 0 aromatic heterocycles. The van der Waals surface area contributed by atoms with E-state index in [9.17, 15) is 14.0 Å². The smallest absolute Gasteiger partial charge is 0.254 e. The van der Waals surface area contributed by atoms with E-state index in [0.29, 0.717) is 36.7 Å². The number of benzene rings is 3. The first-order valence-electron chi connectivity index (χ1n) is 11.1. The van der Waals surface area contributed by atoms with Gasteiger partial charge in [-0.05, 0) is 42.0 Å². The molecule has 3 aromatic carbocycles. The first kappa shape index (κ1) is 23.3. The zero-order chi connectivity index (χ0) is 24.1. The second-order valence-corrected chi connectivity index (χ2v) is 8.16. The highest BCUT2D eigenvalue weighted by molar-refractivity contribution is 5.95. The summed E-state index contributed by atoms with van der Waals surface area (Å²) in [7, 11) is 1.60. The predicted octanol–water partition coefficient (Wildman–Crippen LogP) is 4.46. The van der Waals surface area contributed by atoms with Crippen LogP contribution in [0.1, 0.15) is 34.5 Å². The molecule has 3 aromatic rings. The zero-order valence-corrected chi connectivity index (χ0v) is 19.2. The number of amides is 2. The minimum atomic E-state index is -0.302. The summed E-state index contributed by atoms with van der Waals surface area (Å²) in [6.45, 7) is 3.04. The fraction of sp³-hybridized carbons (Fsp3) is 0.259. The molecule has 0 bridgehead atoms. The number of nitrogens with zero attached hydrogens (tertiary/aromatic N) is 2. The SMILES string of the molecule is COc1ccccc1[C@H]1CN(C(=O)c2cccc(OCc3ccc(F)cc3)c2)CCN1C(C)=O. The summed E-state index contributed by atoms with van der Waals surface area (Å²) in [5, 5.41) is 0. The maximum atomic E-state index is 13.4. The lowest BCUT2D eigenvalue weighted by molar-refractivity contribution is -0.133. The minimum absolute atomic E-state index is 0.0424. The Kier molecular flexibility index (Phi) is 7.11. The van der Waals surface area contributed by atoms with Crippen molar-refractivity contribution in [2.24, 2.45) is 0 Å². The van der Waals surface area contributed by atoms with E-state index < -0.39 is 0 Å². The molecule has 0 unspecified atom stereocenters. The average Bonchev–Trinajstić information content (AvgIpc) is 2.87. The molecule has 2 amide bonds. The van der Waals surface area contributed by atoms with Crippen LogP contribution in [0, 0.1) is 5.82 Å². The quantitative estimate of drug-likeness (QED) is 0.543. The molecule has 0 spiro atoms. The summed E-state index contributed by atoms with van der Waals surface area (Å²) in [6.07, 6.45) is 0. The van der Waals surface area contributed by atoms with Gasteiger partial charge in [0, 0.05) is 37.7 Å². The topological polar surface area (TPSA) is 59.1 Å². The normalized spacial score (nSPS) is 15.7. The van der Waals surface area contributed by atoms with Crippen molar-refractivity contribution in [3.63, 3.8) is 0 Å². The maximum Gasteiger partial charge on any atom is 0.254 e. The molecule has 34 heavy (non-hydrogen) atoms. The second kappa shape index (κ2) is 10.4. The van der Waals surface area contributed by atoms with Gasteiger partial charge in [0.05, 0.1) is 13.2 Å². The summed E-state index contributed by atoms with van der Waals surface area (Å²) in [5.41, 5.74) is 2.21. The maximum absolute atomic E-state index is 13.4. The van der Waals surface area contributed by atoms with E-state index >= 15 is 0 Å². The largest absolute Gasteiger partial charge is 0.496 e. The third kappa shape index (κ3) is 5.20. The summed E-state index contributed by atoms with van der Waals surface area (Å²) in [4.78, 5) is 29.2. The van der Waals surface area contributed by atoms with Gasteiger partial charge in [-0.3, -0.25) is 9.59 Å². The van der Waals surface area contributed by atoms with Gasteiger partial charge >= 0.3 is 0 Å². The predicted molar refractivity (Wildman–Crippen MR) is 126 cm³/mol. The lowest BCUT2D eigenvalue weighted by Gasteiger charge is -2.41. The number of piperazine rings is 1. The summed E-state index contributed by atoms with van der Waals surface area (Å²) in [6, 6.07) is 20.4. The Balaban J connectivity index is 1.50. The van der Waals surface area contributed by atoms with Gasteiger partial charge in [0.25, 0.3) is 5.91 Å². The van der Waals surface area contributed by atoms with Crippen molar-refractivity contribution in [1.82, 2.24) is 9.80 Å². The van der Waals surface area contributed by atoms with E-state index in [1.165, 1.54) is 12.1 Å². The number of carbonyl (C=O) groups excluding carboxylic acids is 2. The summed E-state index contributed by atoms with van der Waals surface area (Å²) < 4.78 is 24.4. The van der Waals surface area contributed by atoms with Crippen molar-refractivity contribution < 1.29 is 23.5 Å². The van der Waals surface area contributed by atoms with Crippen molar-refractivity contribution in [2.75, 3.05) is 26.7 Å². The lowest BCUT2D eigenvalue weighted by atomic mass is 10.00. The molecule has 4 rings (SSSR count). The van der Waals surface area contributed by atoms with Crippen molar-refractivity contribution in [1.29, 1.82) is 0 Å². The number of hydrogen-bond donors (Lipinski definition) is 0. The van der Waals surface area contributed by atoms with E-state index in [2.05, 4.69) is 0 Å². The van der Waals surface area contributed by atoms with Crippen LogP contribution in [0.3, 0.4) is 0 Å². The highest BCUT2D eigenvalue weighted by Gasteiger charge is 2.34. The van der Waals surface area contributed by atoms with Crippen molar-refractivity contribution in [3.05, 3.63) is 95.3 Å². The van der Waals surface area contributed by atoms with E-state index in [1.807, 2.05) is 24.3 Å². The van der Waals surface area contributed by atoms with Crippen molar-refractivity contribution in [3.8, 4) is 11.5 Å². The molecule has 1 saturated heterocycles. The third-order valence-corrected chi connectivity index (χ3v) is 5.97. The molecule has 1 aliphatic rings. The molecule has 1 atom stereocenters. The van der Waals surface area contributed by atoms with Gasteiger partial charge in [-0.15, -0.1) is 0 Å². The van der Waals surface area contributed by atoms with Crippen LogP contribution in [0.15, 0.2) is 72.8 Å². The second-order valence-electron chi connectivity index (χ2n) is 8.16. The van der Waals surface area contributed by atoms with Crippen LogP contribution < -0.4 is 9.47 Å². The van der Waals surface area contributed by atoms with Gasteiger partial charge in [0.1, 0.15) is 23.9 Å². The Morgan fingerprint density at radius 3 is 2.50 bits per heavy atom. The van der Waals surface area contributed by atoms with E-state index in [4.69, 9.17) is 9.47 Å². The van der Waals surface area contributed by atoms with Gasteiger partial charge in [0.15, 0.2) is 0 Å². The molecule has 0 aliphatic carbocycles. The molecule has 0 radical (unpaired) electrons. The van der Waals surface area contributed by atoms with Gasteiger partial charge < -0.3 is 19.3 Å². The number of para-hydroxylation sites is 1. The lowest BCUT2D eigenvalue weighted by Crippen LogP contribution is -2.51. The molecular formula is C27H27FN2O4. The zero-order valence-electron chi connectivity index (χ0n) is 19.2. The standard InChI is InChI=1S/C27H27FN2O4/c1-19(31)30-15-14-29(17-25(30)24-8-3-4-9-26(24)33-2)27(32)21-6-5-7-23(16-21)34-18-20-10-12-22(28)13-11-20/h3-13,16,25H,14-15,17-18H2,1-2H3/t25-/m1/s1. The van der Waals surface area contributed by atoms with Crippen LogP contribution in [-0.4, -0.2) is 48.4 Å². The van der Waals surface area contributed by atoms with Gasteiger partial charge in [-0.2, -0.15) is 0 Å². The Bertz CT molecular complexity index is 1170. The number of ether oxygens (including phenoxy) is 2. The minimum Gasteiger partial charge on any atom is -0.496 e.